The van der Waals surface area contributed by atoms with E-state index < -0.39 is 5.97 Å². The zero-order chi connectivity index (χ0) is 11.9. The lowest BCUT2D eigenvalue weighted by molar-refractivity contribution is -0.136. The van der Waals surface area contributed by atoms with Gasteiger partial charge in [-0.25, -0.2) is 0 Å². The van der Waals surface area contributed by atoms with Gasteiger partial charge in [0.05, 0.1) is 6.42 Å². The van der Waals surface area contributed by atoms with Gasteiger partial charge in [0, 0.05) is 16.0 Å². The largest absolute Gasteiger partial charge is 0.481 e. The number of fused-ring (bicyclic) bond motifs is 1. The summed E-state index contributed by atoms with van der Waals surface area (Å²) in [5.74, 6) is -0.903. The third-order valence-corrected chi connectivity index (χ3v) is 3.40. The van der Waals surface area contributed by atoms with Crippen LogP contribution < -0.4 is 0 Å². The second-order valence-corrected chi connectivity index (χ2v) is 4.65. The molecule has 0 amide bonds. The van der Waals surface area contributed by atoms with Crippen molar-refractivity contribution in [3.8, 4) is 0 Å². The van der Waals surface area contributed by atoms with Crippen molar-refractivity contribution in [2.45, 2.75) is 13.3 Å². The van der Waals surface area contributed by atoms with Crippen LogP contribution in [-0.2, 0) is 11.2 Å². The van der Waals surface area contributed by atoms with Crippen LogP contribution in [0, 0.1) is 6.92 Å². The predicted octanol–water partition coefficient (Wildman–Crippen LogP) is 3.78. The van der Waals surface area contributed by atoms with Crippen molar-refractivity contribution in [1.29, 1.82) is 0 Å². The van der Waals surface area contributed by atoms with Gasteiger partial charge in [0.2, 0.25) is 0 Å². The molecule has 2 aromatic rings. The van der Waals surface area contributed by atoms with Crippen LogP contribution >= 0.6 is 27.5 Å². The zero-order valence-electron chi connectivity index (χ0n) is 8.38. The Labute approximate surface area is 105 Å². The lowest BCUT2D eigenvalue weighted by atomic mass is 10.1. The summed E-state index contributed by atoms with van der Waals surface area (Å²) in [7, 11) is 0. The van der Waals surface area contributed by atoms with Gasteiger partial charge in [0.15, 0.2) is 4.67 Å². The highest BCUT2D eigenvalue weighted by Crippen LogP contribution is 2.33. The molecular weight excluding hydrogens is 295 g/mol. The third-order valence-electron chi connectivity index (χ3n) is 2.35. The van der Waals surface area contributed by atoms with Crippen LogP contribution in [0.25, 0.3) is 11.0 Å². The van der Waals surface area contributed by atoms with Gasteiger partial charge in [-0.05, 0) is 40.5 Å². The summed E-state index contributed by atoms with van der Waals surface area (Å²) in [5, 5.41) is 10.1. The fraction of sp³-hybridized carbons (Fsp3) is 0.182. The molecule has 1 heterocycles. The first-order valence-corrected chi connectivity index (χ1v) is 5.75. The van der Waals surface area contributed by atoms with Crippen LogP contribution in [0.5, 0.6) is 0 Å². The van der Waals surface area contributed by atoms with Crippen molar-refractivity contribution >= 4 is 44.5 Å². The van der Waals surface area contributed by atoms with E-state index in [4.69, 9.17) is 21.1 Å². The van der Waals surface area contributed by atoms with Crippen LogP contribution in [0.4, 0.5) is 0 Å². The lowest BCUT2D eigenvalue weighted by Crippen LogP contribution is -1.99. The van der Waals surface area contributed by atoms with E-state index in [-0.39, 0.29) is 6.42 Å². The molecule has 0 saturated carbocycles. The Kier molecular flexibility index (Phi) is 2.95. The average Bonchev–Trinajstić information content (AvgIpc) is 2.45. The Morgan fingerprint density at radius 2 is 2.25 bits per heavy atom. The van der Waals surface area contributed by atoms with Crippen molar-refractivity contribution in [1.82, 2.24) is 0 Å². The Balaban J connectivity index is 2.68. The van der Waals surface area contributed by atoms with Crippen molar-refractivity contribution in [3.63, 3.8) is 0 Å². The summed E-state index contributed by atoms with van der Waals surface area (Å²) in [5.41, 5.74) is 2.16. The smallest absolute Gasteiger partial charge is 0.308 e. The van der Waals surface area contributed by atoms with Crippen LogP contribution in [0.15, 0.2) is 21.2 Å². The molecule has 84 valence electrons. The molecule has 5 heteroatoms. The van der Waals surface area contributed by atoms with Gasteiger partial charge in [-0.15, -0.1) is 0 Å². The minimum absolute atomic E-state index is 0.0903. The number of rotatable bonds is 2. The van der Waals surface area contributed by atoms with Crippen LogP contribution in [0.3, 0.4) is 0 Å². The number of furan rings is 1. The summed E-state index contributed by atoms with van der Waals surface area (Å²) in [6.45, 7) is 1.87. The zero-order valence-corrected chi connectivity index (χ0v) is 10.7. The van der Waals surface area contributed by atoms with Crippen LogP contribution in [0.2, 0.25) is 5.02 Å². The van der Waals surface area contributed by atoms with E-state index in [9.17, 15) is 4.79 Å². The number of carbonyl (C=O) groups is 1. The number of aryl methyl sites for hydroxylation is 1. The highest BCUT2D eigenvalue weighted by Gasteiger charge is 2.16. The van der Waals surface area contributed by atoms with Crippen molar-refractivity contribution in [2.75, 3.05) is 0 Å². The van der Waals surface area contributed by atoms with E-state index in [0.717, 1.165) is 10.9 Å². The summed E-state index contributed by atoms with van der Waals surface area (Å²) in [6, 6.07) is 3.53. The Morgan fingerprint density at radius 3 is 2.88 bits per heavy atom. The fourth-order valence-electron chi connectivity index (χ4n) is 1.56. The van der Waals surface area contributed by atoms with E-state index in [1.54, 1.807) is 12.1 Å². The number of hydrogen-bond acceptors (Lipinski definition) is 2. The molecule has 1 aromatic heterocycles. The number of aliphatic carboxylic acids is 1. The number of benzene rings is 1. The molecule has 0 atom stereocenters. The fourth-order valence-corrected chi connectivity index (χ4v) is 2.25. The minimum Gasteiger partial charge on any atom is -0.481 e. The molecule has 0 saturated heterocycles. The predicted molar refractivity (Wildman–Crippen MR) is 65.0 cm³/mol. The molecule has 0 unspecified atom stereocenters. The number of halogens is 2. The SMILES string of the molecule is Cc1cc2oc(Br)c(CC(=O)O)c2cc1Cl. The van der Waals surface area contributed by atoms with Gasteiger partial charge in [-0.2, -0.15) is 0 Å². The lowest BCUT2D eigenvalue weighted by Gasteiger charge is -1.98. The van der Waals surface area contributed by atoms with Gasteiger partial charge < -0.3 is 9.52 Å². The maximum atomic E-state index is 10.7. The van der Waals surface area contributed by atoms with Gasteiger partial charge in [0.25, 0.3) is 0 Å². The molecule has 0 aliphatic heterocycles. The molecule has 16 heavy (non-hydrogen) atoms. The first kappa shape index (κ1) is 11.5. The Bertz CT molecular complexity index is 574. The van der Waals surface area contributed by atoms with Crippen molar-refractivity contribution in [3.05, 3.63) is 33.0 Å². The maximum absolute atomic E-state index is 10.7. The first-order chi connectivity index (χ1) is 7.49. The molecule has 0 spiro atoms. The number of carboxylic acids is 1. The van der Waals surface area contributed by atoms with Gasteiger partial charge in [-0.3, -0.25) is 4.79 Å². The summed E-state index contributed by atoms with van der Waals surface area (Å²) in [4.78, 5) is 10.7. The Hall–Kier alpha value is -1.00. The third kappa shape index (κ3) is 1.95. The molecule has 0 aliphatic rings. The summed E-state index contributed by atoms with van der Waals surface area (Å²) in [6.07, 6.45) is -0.0903. The molecule has 2 rings (SSSR count). The van der Waals surface area contributed by atoms with E-state index in [1.807, 2.05) is 6.92 Å². The first-order valence-electron chi connectivity index (χ1n) is 4.58. The quantitative estimate of drug-likeness (QED) is 0.918. The molecule has 0 fully saturated rings. The highest BCUT2D eigenvalue weighted by molar-refractivity contribution is 9.10. The van der Waals surface area contributed by atoms with Crippen LogP contribution in [-0.4, -0.2) is 11.1 Å². The maximum Gasteiger partial charge on any atom is 0.308 e. The summed E-state index contributed by atoms with van der Waals surface area (Å²) < 4.78 is 5.88. The van der Waals surface area contributed by atoms with Crippen molar-refractivity contribution < 1.29 is 14.3 Å². The monoisotopic (exact) mass is 302 g/mol. The highest BCUT2D eigenvalue weighted by atomic mass is 79.9. The van der Waals surface area contributed by atoms with Gasteiger partial charge in [-0.1, -0.05) is 11.6 Å². The average molecular weight is 304 g/mol. The Morgan fingerprint density at radius 1 is 1.56 bits per heavy atom. The molecule has 3 nitrogen and oxygen atoms in total. The molecule has 1 N–H and O–H groups in total. The summed E-state index contributed by atoms with van der Waals surface area (Å²) >= 11 is 9.22. The minimum atomic E-state index is -0.903. The molecule has 0 aliphatic carbocycles. The number of hydrogen-bond donors (Lipinski definition) is 1. The molecular formula is C11H8BrClO3. The van der Waals surface area contributed by atoms with Crippen LogP contribution in [0.1, 0.15) is 11.1 Å². The molecule has 0 radical (unpaired) electrons. The van der Waals surface area contributed by atoms with Crippen molar-refractivity contribution in [2.24, 2.45) is 0 Å². The van der Waals surface area contributed by atoms with Gasteiger partial charge >= 0.3 is 5.97 Å². The normalized spacial score (nSPS) is 10.9. The van der Waals surface area contributed by atoms with E-state index >= 15 is 0 Å². The van der Waals surface area contributed by atoms with E-state index in [1.165, 1.54) is 0 Å². The van der Waals surface area contributed by atoms with E-state index in [0.29, 0.717) is 20.8 Å². The van der Waals surface area contributed by atoms with Gasteiger partial charge in [0.1, 0.15) is 5.58 Å². The second-order valence-electron chi connectivity index (χ2n) is 3.52. The topological polar surface area (TPSA) is 50.4 Å². The number of carboxylic acid groups (broad SMARTS) is 1. The molecule has 1 aromatic carbocycles. The molecule has 0 bridgehead atoms. The standard InChI is InChI=1S/C11H8BrClO3/c1-5-2-9-6(3-8(5)13)7(4-10(14)15)11(12)16-9/h2-3H,4H2,1H3,(H,14,15). The van der Waals surface area contributed by atoms with E-state index in [2.05, 4.69) is 15.9 Å². The second kappa shape index (κ2) is 4.11.